The van der Waals surface area contributed by atoms with Gasteiger partial charge >= 0.3 is 5.69 Å². The van der Waals surface area contributed by atoms with Gasteiger partial charge in [0.05, 0.1) is 35.0 Å². The molecule has 212 valence electrons. The summed E-state index contributed by atoms with van der Waals surface area (Å²) in [5.41, 5.74) is -0.0439. The summed E-state index contributed by atoms with van der Waals surface area (Å²) in [5, 5.41) is 13.7. The van der Waals surface area contributed by atoms with Gasteiger partial charge < -0.3 is 10.4 Å². The quantitative estimate of drug-likeness (QED) is 0.440. The van der Waals surface area contributed by atoms with Gasteiger partial charge in [-0.1, -0.05) is 0 Å². The highest BCUT2D eigenvalue weighted by molar-refractivity contribution is 7.89. The summed E-state index contributed by atoms with van der Waals surface area (Å²) in [5.74, 6) is 0.240. The van der Waals surface area contributed by atoms with Crippen molar-refractivity contribution in [3.05, 3.63) is 59.0 Å². The van der Waals surface area contributed by atoms with Gasteiger partial charge in [0.25, 0.3) is 0 Å². The van der Waals surface area contributed by atoms with Gasteiger partial charge in [0.15, 0.2) is 0 Å². The van der Waals surface area contributed by atoms with E-state index in [4.69, 9.17) is 0 Å². The highest BCUT2D eigenvalue weighted by Gasteiger charge is 2.36. The summed E-state index contributed by atoms with van der Waals surface area (Å²) in [6, 6.07) is 7.47. The molecule has 0 spiro atoms. The third-order valence-corrected chi connectivity index (χ3v) is 9.09. The fraction of sp³-hybridized carbons (Fsp3) is 0.500. The van der Waals surface area contributed by atoms with Crippen molar-refractivity contribution in [3.63, 3.8) is 0 Å². The zero-order valence-electron chi connectivity index (χ0n) is 22.0. The molecule has 2 aromatic heterocycles. The predicted molar refractivity (Wildman–Crippen MR) is 149 cm³/mol. The van der Waals surface area contributed by atoms with E-state index >= 15 is 0 Å². The minimum Gasteiger partial charge on any atom is -0.389 e. The first-order valence-electron chi connectivity index (χ1n) is 12.9. The van der Waals surface area contributed by atoms with E-state index in [1.54, 1.807) is 36.6 Å². The first-order chi connectivity index (χ1) is 18.0. The van der Waals surface area contributed by atoms with Crippen molar-refractivity contribution >= 4 is 28.4 Å². The first kappa shape index (κ1) is 29.2. The fourth-order valence-corrected chi connectivity index (χ4v) is 7.17. The number of halogens is 2. The number of sulfonamides is 1. The van der Waals surface area contributed by atoms with Crippen molar-refractivity contribution in [2.75, 3.05) is 17.6 Å². The molecule has 0 atom stereocenters. The number of hydrogen-bond acceptors (Lipinski definition) is 7. The number of anilines is 1. The second kappa shape index (κ2) is 11.4. The van der Waals surface area contributed by atoms with Gasteiger partial charge in [-0.05, 0) is 76.3 Å². The first-order valence-corrected chi connectivity index (χ1v) is 14.5. The van der Waals surface area contributed by atoms with Crippen molar-refractivity contribution < 1.29 is 17.9 Å². The third-order valence-electron chi connectivity index (χ3n) is 7.09. The molecular formula is C26H34ClFN6O4S. The fourth-order valence-electron chi connectivity index (χ4n) is 5.37. The molecule has 3 heterocycles. The Balaban J connectivity index is 0.00000353. The minimum atomic E-state index is -3.12. The van der Waals surface area contributed by atoms with Crippen LogP contribution in [0.4, 0.5) is 10.3 Å². The summed E-state index contributed by atoms with van der Waals surface area (Å²) in [6.45, 7) is 3.92. The van der Waals surface area contributed by atoms with Gasteiger partial charge in [-0.25, -0.2) is 27.6 Å². The molecule has 2 fully saturated rings. The van der Waals surface area contributed by atoms with E-state index in [0.29, 0.717) is 36.0 Å². The molecular weight excluding hydrogens is 547 g/mol. The molecule has 10 nitrogen and oxygen atoms in total. The summed E-state index contributed by atoms with van der Waals surface area (Å²) in [7, 11) is -3.12. The predicted octanol–water partition coefficient (Wildman–Crippen LogP) is 3.19. The molecule has 5 rings (SSSR count). The summed E-state index contributed by atoms with van der Waals surface area (Å²) < 4.78 is 42.7. The molecule has 2 aliphatic rings. The van der Waals surface area contributed by atoms with Gasteiger partial charge in [-0.15, -0.1) is 12.4 Å². The topological polar surface area (TPSA) is 122 Å². The Morgan fingerprint density at radius 2 is 1.82 bits per heavy atom. The minimum absolute atomic E-state index is 0. The second-order valence-electron chi connectivity index (χ2n) is 10.7. The van der Waals surface area contributed by atoms with Gasteiger partial charge in [-0.3, -0.25) is 9.13 Å². The van der Waals surface area contributed by atoms with Crippen LogP contribution in [0.25, 0.3) is 17.1 Å². The molecule has 1 aliphatic heterocycles. The number of imidazole rings is 1. The van der Waals surface area contributed by atoms with Crippen LogP contribution in [0, 0.1) is 5.82 Å². The van der Waals surface area contributed by atoms with Crippen LogP contribution >= 0.6 is 12.4 Å². The number of rotatable bonds is 7. The van der Waals surface area contributed by atoms with Crippen molar-refractivity contribution in [3.8, 4) is 17.1 Å². The van der Waals surface area contributed by atoms with Crippen LogP contribution in [0.5, 0.6) is 0 Å². The molecule has 1 saturated heterocycles. The van der Waals surface area contributed by atoms with Crippen molar-refractivity contribution in [2.45, 2.75) is 70.2 Å². The maximum absolute atomic E-state index is 13.6. The maximum atomic E-state index is 13.6. The van der Waals surface area contributed by atoms with Crippen molar-refractivity contribution in [1.82, 2.24) is 23.4 Å². The highest BCUT2D eigenvalue weighted by Crippen LogP contribution is 2.30. The lowest BCUT2D eigenvalue weighted by Gasteiger charge is -2.33. The molecule has 0 unspecified atom stereocenters. The van der Waals surface area contributed by atoms with E-state index in [9.17, 15) is 22.7 Å². The lowest BCUT2D eigenvalue weighted by atomic mass is 9.91. The molecule has 1 aliphatic carbocycles. The summed E-state index contributed by atoms with van der Waals surface area (Å²) in [4.78, 5) is 22.4. The third kappa shape index (κ3) is 6.51. The average Bonchev–Trinajstić information content (AvgIpc) is 3.38. The Hall–Kier alpha value is -2.80. The molecule has 13 heteroatoms. The SMILES string of the molecule is CC(C)(O)Cn1cc(-c2ccnc(NC3CCC(N4CCCS4(=O)=O)CC3)n2)n(-c2ccc(F)cc2)c1=O.Cl. The van der Waals surface area contributed by atoms with Crippen LogP contribution in [0.1, 0.15) is 46.0 Å². The van der Waals surface area contributed by atoms with Gasteiger partial charge in [0.1, 0.15) is 5.82 Å². The number of nitrogens with zero attached hydrogens (tertiary/aromatic N) is 5. The zero-order chi connectivity index (χ0) is 27.1. The summed E-state index contributed by atoms with van der Waals surface area (Å²) >= 11 is 0. The second-order valence-corrected chi connectivity index (χ2v) is 12.8. The summed E-state index contributed by atoms with van der Waals surface area (Å²) in [6.07, 6.45) is 7.10. The van der Waals surface area contributed by atoms with Crippen LogP contribution in [-0.2, 0) is 16.6 Å². The van der Waals surface area contributed by atoms with Crippen LogP contribution in [0.15, 0.2) is 47.5 Å². The average molecular weight is 581 g/mol. The van der Waals surface area contributed by atoms with Crippen LogP contribution in [-0.4, -0.2) is 66.9 Å². The number of aromatic nitrogens is 4. The number of benzene rings is 1. The Kier molecular flexibility index (Phi) is 8.50. The zero-order valence-corrected chi connectivity index (χ0v) is 23.6. The largest absolute Gasteiger partial charge is 0.389 e. The Morgan fingerprint density at radius 3 is 2.44 bits per heavy atom. The van der Waals surface area contributed by atoms with E-state index < -0.39 is 21.4 Å². The number of hydrogen-bond donors (Lipinski definition) is 2. The molecule has 0 bridgehead atoms. The maximum Gasteiger partial charge on any atom is 0.333 e. The molecule has 1 saturated carbocycles. The molecule has 0 radical (unpaired) electrons. The Bertz CT molecular complexity index is 1460. The number of nitrogens with one attached hydrogen (secondary N) is 1. The Labute approximate surface area is 233 Å². The van der Waals surface area contributed by atoms with Gasteiger partial charge in [-0.2, -0.15) is 4.31 Å². The van der Waals surface area contributed by atoms with E-state index in [2.05, 4.69) is 15.3 Å². The van der Waals surface area contributed by atoms with Crippen molar-refractivity contribution in [2.24, 2.45) is 0 Å². The molecule has 2 N–H and O–H groups in total. The van der Waals surface area contributed by atoms with Crippen LogP contribution in [0.3, 0.4) is 0 Å². The molecule has 39 heavy (non-hydrogen) atoms. The molecule has 3 aromatic rings. The molecule has 1 aromatic carbocycles. The van der Waals surface area contributed by atoms with E-state index in [1.807, 2.05) is 0 Å². The lowest BCUT2D eigenvalue weighted by Crippen LogP contribution is -2.41. The normalized spacial score (nSPS) is 21.4. The van der Waals surface area contributed by atoms with Crippen LogP contribution < -0.4 is 11.0 Å². The monoisotopic (exact) mass is 580 g/mol. The van der Waals surface area contributed by atoms with E-state index in [-0.39, 0.29) is 42.5 Å². The van der Waals surface area contributed by atoms with Crippen LogP contribution in [0.2, 0.25) is 0 Å². The van der Waals surface area contributed by atoms with E-state index in [0.717, 1.165) is 25.7 Å². The Morgan fingerprint density at radius 1 is 1.13 bits per heavy atom. The van der Waals surface area contributed by atoms with Crippen molar-refractivity contribution in [1.29, 1.82) is 0 Å². The molecule has 0 amide bonds. The van der Waals surface area contributed by atoms with Gasteiger partial charge in [0, 0.05) is 31.0 Å². The van der Waals surface area contributed by atoms with E-state index in [1.165, 1.54) is 33.4 Å². The highest BCUT2D eigenvalue weighted by atomic mass is 35.5. The lowest BCUT2D eigenvalue weighted by molar-refractivity contribution is 0.0604. The standard InChI is InChI=1S/C26H33FN6O4S.ClH/c1-26(2,35)17-31-16-23(33(25(31)34)21-8-4-18(27)5-9-21)22-12-13-28-24(30-22)29-19-6-10-20(11-7-19)32-14-3-15-38(32,36)37;/h4-5,8-9,12-13,16,19-20,35H,3,6-7,10-11,14-15,17H2,1-2H3,(H,28,29,30);1H. The number of aliphatic hydroxyl groups is 1. The van der Waals surface area contributed by atoms with Gasteiger partial charge in [0.2, 0.25) is 16.0 Å². The smallest absolute Gasteiger partial charge is 0.333 e.